The van der Waals surface area contributed by atoms with Gasteiger partial charge in [0.25, 0.3) is 0 Å². The molecule has 4 rings (SSSR count). The summed E-state index contributed by atoms with van der Waals surface area (Å²) < 4.78 is 11.3. The van der Waals surface area contributed by atoms with Crippen LogP contribution in [-0.4, -0.2) is 46.3 Å². The molecule has 0 bridgehead atoms. The Morgan fingerprint density at radius 1 is 1.00 bits per heavy atom. The maximum atomic E-state index is 13.6. The Kier molecular flexibility index (Phi) is 6.34. The van der Waals surface area contributed by atoms with E-state index in [0.29, 0.717) is 5.57 Å². The molecule has 8 heteroatoms. The summed E-state index contributed by atoms with van der Waals surface area (Å²) in [6, 6.07) is 17.1. The molecule has 2 aliphatic heterocycles. The molecule has 0 saturated carbocycles. The van der Waals surface area contributed by atoms with E-state index in [9.17, 15) is 14.4 Å². The van der Waals surface area contributed by atoms with Crippen molar-refractivity contribution >= 4 is 29.6 Å². The lowest BCUT2D eigenvalue weighted by molar-refractivity contribution is -0.165. The summed E-state index contributed by atoms with van der Waals surface area (Å²) in [5, 5.41) is 1.40. The summed E-state index contributed by atoms with van der Waals surface area (Å²) in [5.41, 5.74) is 8.05. The molecule has 1 fully saturated rings. The van der Waals surface area contributed by atoms with Crippen LogP contribution >= 0.6 is 11.8 Å². The number of benzene rings is 2. The van der Waals surface area contributed by atoms with Crippen LogP contribution in [0, 0.1) is 0 Å². The minimum Gasteiger partial charge on any atom is -0.458 e. The number of fused-ring (bicyclic) bond motifs is 1. The zero-order valence-electron chi connectivity index (χ0n) is 17.7. The molecule has 2 aromatic carbocycles. The Bertz CT molecular complexity index is 1000. The third kappa shape index (κ3) is 4.16. The van der Waals surface area contributed by atoms with Gasteiger partial charge in [-0.2, -0.15) is 0 Å². The van der Waals surface area contributed by atoms with E-state index in [1.165, 1.54) is 23.6 Å². The van der Waals surface area contributed by atoms with Crippen molar-refractivity contribution in [3.8, 4) is 0 Å². The zero-order chi connectivity index (χ0) is 22.8. The molecular formula is C24H24N2O5S. The fourth-order valence-electron chi connectivity index (χ4n) is 3.96. The van der Waals surface area contributed by atoms with E-state index in [4.69, 9.17) is 15.2 Å². The number of esters is 2. The highest BCUT2D eigenvalue weighted by Crippen LogP contribution is 2.41. The molecule has 2 N–H and O–H groups in total. The van der Waals surface area contributed by atoms with E-state index in [1.807, 2.05) is 60.7 Å². The highest BCUT2D eigenvalue weighted by atomic mass is 32.2. The van der Waals surface area contributed by atoms with Gasteiger partial charge in [0, 0.05) is 12.5 Å². The predicted octanol–water partition coefficient (Wildman–Crippen LogP) is 2.77. The predicted molar refractivity (Wildman–Crippen MR) is 120 cm³/mol. The largest absolute Gasteiger partial charge is 0.458 e. The van der Waals surface area contributed by atoms with Gasteiger partial charge in [0.2, 0.25) is 5.91 Å². The maximum Gasteiger partial charge on any atom is 0.334 e. The lowest BCUT2D eigenvalue weighted by atomic mass is 9.95. The number of hydrogen-bond acceptors (Lipinski definition) is 7. The van der Waals surface area contributed by atoms with Gasteiger partial charge in [0.05, 0.1) is 0 Å². The lowest BCUT2D eigenvalue weighted by Gasteiger charge is -2.51. The van der Waals surface area contributed by atoms with Crippen molar-refractivity contribution in [2.24, 2.45) is 5.73 Å². The quantitative estimate of drug-likeness (QED) is 0.531. The van der Waals surface area contributed by atoms with Crippen LogP contribution in [0.5, 0.6) is 0 Å². The van der Waals surface area contributed by atoms with E-state index in [2.05, 4.69) is 0 Å². The minimum absolute atomic E-state index is 0.332. The highest BCUT2D eigenvalue weighted by molar-refractivity contribution is 8.02. The monoisotopic (exact) mass is 452 g/mol. The van der Waals surface area contributed by atoms with E-state index in [-0.39, 0.29) is 11.3 Å². The first kappa shape index (κ1) is 22.1. The van der Waals surface area contributed by atoms with Crippen LogP contribution in [0.4, 0.5) is 0 Å². The average Bonchev–Trinajstić information content (AvgIpc) is 2.81. The topological polar surface area (TPSA) is 98.9 Å². The highest BCUT2D eigenvalue weighted by Gasteiger charge is 2.55. The molecule has 3 unspecified atom stereocenters. The van der Waals surface area contributed by atoms with Gasteiger partial charge >= 0.3 is 11.9 Å². The number of nitrogens with two attached hydrogens (primary N) is 1. The van der Waals surface area contributed by atoms with Crippen molar-refractivity contribution in [3.05, 3.63) is 82.8 Å². The number of carbonyl (C=O) groups excluding carboxylic acids is 3. The summed E-state index contributed by atoms with van der Waals surface area (Å²) in [6.45, 7) is 2.97. The standard InChI is InChI=1S/C24H24N2O5S/c1-14(30-15(2)27)18-13-32-23-19(25)22(28)26(23)20(18)24(29)31-21(16-9-5-3-6-10-16)17-11-7-4-8-12-17/h3-14,19-21,23H,25H2,1-2H3/t14?,19?,20?,23-/m1/s1. The molecule has 2 heterocycles. The molecule has 0 aliphatic carbocycles. The second-order valence-corrected chi connectivity index (χ2v) is 8.70. The Hall–Kier alpha value is -3.10. The van der Waals surface area contributed by atoms with Crippen LogP contribution in [0.3, 0.4) is 0 Å². The molecular weight excluding hydrogens is 428 g/mol. The van der Waals surface area contributed by atoms with Crippen molar-refractivity contribution < 1.29 is 23.9 Å². The van der Waals surface area contributed by atoms with Gasteiger partial charge in [-0.25, -0.2) is 4.79 Å². The molecule has 7 nitrogen and oxygen atoms in total. The van der Waals surface area contributed by atoms with Gasteiger partial charge < -0.3 is 20.1 Å². The van der Waals surface area contributed by atoms with Crippen molar-refractivity contribution in [1.29, 1.82) is 0 Å². The summed E-state index contributed by atoms with van der Waals surface area (Å²) >= 11 is 1.34. The molecule has 32 heavy (non-hydrogen) atoms. The maximum absolute atomic E-state index is 13.6. The Morgan fingerprint density at radius 3 is 2.09 bits per heavy atom. The van der Waals surface area contributed by atoms with E-state index in [1.54, 1.807) is 12.3 Å². The van der Waals surface area contributed by atoms with E-state index < -0.39 is 36.2 Å². The summed E-state index contributed by atoms with van der Waals surface area (Å²) in [7, 11) is 0. The van der Waals surface area contributed by atoms with Gasteiger partial charge in [-0.15, -0.1) is 11.8 Å². The molecule has 0 spiro atoms. The van der Waals surface area contributed by atoms with Crippen molar-refractivity contribution in [2.45, 2.75) is 43.5 Å². The van der Waals surface area contributed by atoms with Crippen molar-refractivity contribution in [1.82, 2.24) is 4.90 Å². The number of rotatable bonds is 6. The zero-order valence-corrected chi connectivity index (χ0v) is 18.5. The number of thioether (sulfide) groups is 1. The van der Waals surface area contributed by atoms with Crippen molar-refractivity contribution in [3.63, 3.8) is 0 Å². The Morgan fingerprint density at radius 2 is 1.56 bits per heavy atom. The van der Waals surface area contributed by atoms with Gasteiger partial charge in [0.1, 0.15) is 17.5 Å². The molecule has 166 valence electrons. The summed E-state index contributed by atoms with van der Waals surface area (Å²) in [5.74, 6) is -1.41. The number of hydrogen-bond donors (Lipinski definition) is 1. The van der Waals surface area contributed by atoms with Gasteiger partial charge in [-0.05, 0) is 23.5 Å². The fraction of sp³-hybridized carbons (Fsp3) is 0.292. The molecule has 1 saturated heterocycles. The van der Waals surface area contributed by atoms with E-state index >= 15 is 0 Å². The first-order valence-corrected chi connectivity index (χ1v) is 11.2. The smallest absolute Gasteiger partial charge is 0.334 e. The van der Waals surface area contributed by atoms with Crippen LogP contribution < -0.4 is 5.73 Å². The molecule has 4 atom stereocenters. The Labute approximate surface area is 190 Å². The SMILES string of the molecule is CC(=O)OC(C)C1=CS[C@@H]2C(N)C(=O)N2C1C(=O)OC(c1ccccc1)c1ccccc1. The number of β-lactam (4-membered cyclic amide) rings is 1. The minimum atomic E-state index is -1.02. The van der Waals surface area contributed by atoms with Crippen LogP contribution in [0.15, 0.2) is 71.6 Å². The summed E-state index contributed by atoms with van der Waals surface area (Å²) in [6.07, 6.45) is -1.36. The molecule has 1 amide bonds. The van der Waals surface area contributed by atoms with Crippen LogP contribution in [0.1, 0.15) is 31.1 Å². The van der Waals surface area contributed by atoms with Gasteiger partial charge in [-0.3, -0.25) is 9.59 Å². The Balaban J connectivity index is 1.67. The molecule has 2 aliphatic rings. The first-order valence-electron chi connectivity index (χ1n) is 10.3. The molecule has 0 aromatic heterocycles. The van der Waals surface area contributed by atoms with Crippen LogP contribution in [-0.2, 0) is 23.9 Å². The summed E-state index contributed by atoms with van der Waals surface area (Å²) in [4.78, 5) is 39.1. The third-order valence-corrected chi connectivity index (χ3v) is 6.74. The number of carbonyl (C=O) groups is 3. The van der Waals surface area contributed by atoms with E-state index in [0.717, 1.165) is 11.1 Å². The van der Waals surface area contributed by atoms with Gasteiger partial charge in [-0.1, -0.05) is 60.7 Å². The lowest BCUT2D eigenvalue weighted by Crippen LogP contribution is -2.72. The number of nitrogens with zero attached hydrogens (tertiary/aromatic N) is 1. The molecule has 0 radical (unpaired) electrons. The van der Waals surface area contributed by atoms with Crippen molar-refractivity contribution in [2.75, 3.05) is 0 Å². The fourth-order valence-corrected chi connectivity index (χ4v) is 5.22. The van der Waals surface area contributed by atoms with Gasteiger partial charge in [0.15, 0.2) is 12.1 Å². The van der Waals surface area contributed by atoms with Crippen LogP contribution in [0.25, 0.3) is 0 Å². The first-order chi connectivity index (χ1) is 15.4. The normalized spacial score (nSPS) is 23.0. The number of amides is 1. The third-order valence-electron chi connectivity index (χ3n) is 5.53. The molecule has 2 aromatic rings. The number of ether oxygens (including phenoxy) is 2. The second-order valence-electron chi connectivity index (χ2n) is 7.71. The average molecular weight is 453 g/mol. The second kappa shape index (κ2) is 9.18. The van der Waals surface area contributed by atoms with Crippen LogP contribution in [0.2, 0.25) is 0 Å².